The van der Waals surface area contributed by atoms with Crippen LogP contribution in [0.1, 0.15) is 12.8 Å². The molecule has 0 amide bonds. The molecule has 0 spiro atoms. The van der Waals surface area contributed by atoms with Crippen LogP contribution < -0.4 is 10.1 Å². The molecule has 1 aliphatic carbocycles. The van der Waals surface area contributed by atoms with Crippen molar-refractivity contribution in [2.24, 2.45) is 11.8 Å². The Morgan fingerprint density at radius 3 is 2.36 bits per heavy atom. The number of thioether (sulfide) groups is 1. The fourth-order valence-corrected chi connectivity index (χ4v) is 3.82. The lowest BCUT2D eigenvalue weighted by atomic mass is 9.78. The van der Waals surface area contributed by atoms with Crippen LogP contribution in [0, 0.1) is 11.8 Å². The van der Waals surface area contributed by atoms with Crippen molar-refractivity contribution < 1.29 is 23.0 Å². The molecule has 22 heavy (non-hydrogen) atoms. The molecule has 1 saturated carbocycles. The van der Waals surface area contributed by atoms with Gasteiger partial charge in [-0.3, -0.25) is 0 Å². The molecule has 1 aromatic rings. The normalized spacial score (nSPS) is 31.8. The molecule has 0 unspecified atom stereocenters. The van der Waals surface area contributed by atoms with E-state index in [0.29, 0.717) is 24.0 Å². The molecule has 3 nitrogen and oxygen atoms in total. The van der Waals surface area contributed by atoms with Crippen LogP contribution in [-0.2, 0) is 0 Å². The summed E-state index contributed by atoms with van der Waals surface area (Å²) in [5, 5.41) is 13.5. The van der Waals surface area contributed by atoms with Crippen LogP contribution in [0.2, 0.25) is 0 Å². The highest BCUT2D eigenvalue weighted by Gasteiger charge is 2.39. The first-order valence-electron chi connectivity index (χ1n) is 7.32. The number of hydrogen-bond donors (Lipinski definition) is 2. The monoisotopic (exact) mass is 333 g/mol. The van der Waals surface area contributed by atoms with Crippen molar-refractivity contribution in [3.63, 3.8) is 0 Å². The van der Waals surface area contributed by atoms with Gasteiger partial charge in [0, 0.05) is 4.90 Å². The van der Waals surface area contributed by atoms with Crippen molar-refractivity contribution in [3.05, 3.63) is 24.3 Å². The number of benzene rings is 1. The highest BCUT2D eigenvalue weighted by molar-refractivity contribution is 8.00. The van der Waals surface area contributed by atoms with Crippen LogP contribution >= 0.6 is 11.8 Å². The molecule has 1 aliphatic heterocycles. The second-order valence-corrected chi connectivity index (χ2v) is 7.03. The minimum absolute atomic E-state index is 0.129. The number of aliphatic hydroxyl groups is 1. The van der Waals surface area contributed by atoms with Crippen molar-refractivity contribution >= 4 is 11.8 Å². The third-order valence-electron chi connectivity index (χ3n) is 4.33. The maximum Gasteiger partial charge on any atom is 0.446 e. The number of nitrogens with one attached hydrogen (secondary N) is 1. The van der Waals surface area contributed by atoms with Gasteiger partial charge in [0.05, 0.1) is 6.10 Å². The van der Waals surface area contributed by atoms with Crippen molar-refractivity contribution in [1.82, 2.24) is 5.32 Å². The summed E-state index contributed by atoms with van der Waals surface area (Å²) in [6, 6.07) is 5.84. The zero-order valence-corrected chi connectivity index (χ0v) is 12.7. The molecular weight excluding hydrogens is 315 g/mol. The highest BCUT2D eigenvalue weighted by Crippen LogP contribution is 2.38. The Balaban J connectivity index is 1.60. The van der Waals surface area contributed by atoms with Gasteiger partial charge in [0.1, 0.15) is 11.9 Å². The highest BCUT2D eigenvalue weighted by atomic mass is 32.2. The molecule has 0 radical (unpaired) electrons. The van der Waals surface area contributed by atoms with Crippen LogP contribution in [0.25, 0.3) is 0 Å². The third-order valence-corrected chi connectivity index (χ3v) is 5.07. The number of fused-ring (bicyclic) bond motifs is 1. The predicted octanol–water partition coefficient (Wildman–Crippen LogP) is 3.04. The second kappa shape index (κ2) is 6.29. The molecule has 0 aromatic heterocycles. The maximum atomic E-state index is 12.3. The molecule has 1 heterocycles. The number of ether oxygens (including phenoxy) is 1. The van der Waals surface area contributed by atoms with E-state index >= 15 is 0 Å². The van der Waals surface area contributed by atoms with E-state index in [2.05, 4.69) is 5.32 Å². The van der Waals surface area contributed by atoms with Gasteiger partial charge in [-0.1, -0.05) is 0 Å². The Kier molecular flexibility index (Phi) is 4.56. The van der Waals surface area contributed by atoms with Gasteiger partial charge in [-0.25, -0.2) is 0 Å². The number of alkyl halides is 3. The van der Waals surface area contributed by atoms with Crippen LogP contribution in [0.5, 0.6) is 5.75 Å². The average Bonchev–Trinajstić information content (AvgIpc) is 2.87. The summed E-state index contributed by atoms with van der Waals surface area (Å²) in [6.07, 6.45) is 0.676. The van der Waals surface area contributed by atoms with E-state index in [0.717, 1.165) is 19.5 Å². The molecular formula is C15H18F3NO2S. The number of aliphatic hydroxyl groups excluding tert-OH is 1. The molecule has 2 fully saturated rings. The lowest BCUT2D eigenvalue weighted by molar-refractivity contribution is -0.0328. The Morgan fingerprint density at radius 1 is 1.09 bits per heavy atom. The zero-order chi connectivity index (χ0) is 15.7. The van der Waals surface area contributed by atoms with Crippen LogP contribution in [0.4, 0.5) is 13.2 Å². The molecule has 3 rings (SSSR count). The smallest absolute Gasteiger partial charge is 0.446 e. The summed E-state index contributed by atoms with van der Waals surface area (Å²) in [6.45, 7) is 1.89. The summed E-state index contributed by atoms with van der Waals surface area (Å²) < 4.78 is 42.6. The molecule has 1 aromatic carbocycles. The largest absolute Gasteiger partial charge is 0.488 e. The molecule has 2 N–H and O–H groups in total. The van der Waals surface area contributed by atoms with Gasteiger partial charge in [-0.05, 0) is 73.8 Å². The van der Waals surface area contributed by atoms with Crippen molar-refractivity contribution in [1.29, 1.82) is 0 Å². The molecule has 7 heteroatoms. The number of rotatable bonds is 3. The summed E-state index contributed by atoms with van der Waals surface area (Å²) in [4.78, 5) is 0.129. The average molecular weight is 333 g/mol. The van der Waals surface area contributed by atoms with E-state index in [1.54, 1.807) is 0 Å². The Labute approximate surface area is 131 Å². The number of halogens is 3. The summed E-state index contributed by atoms with van der Waals surface area (Å²) in [5.41, 5.74) is -4.29. The fourth-order valence-electron chi connectivity index (χ4n) is 3.28. The lowest BCUT2D eigenvalue weighted by Crippen LogP contribution is -2.42. The Hall–Kier alpha value is -0.920. The van der Waals surface area contributed by atoms with Gasteiger partial charge >= 0.3 is 5.51 Å². The SMILES string of the molecule is O[C@@H]1C[C@H]2CNC[C@H]2C[C@H]1Oc1ccc(SC(F)(F)F)cc1. The van der Waals surface area contributed by atoms with Gasteiger partial charge < -0.3 is 15.2 Å². The molecule has 4 atom stereocenters. The molecule has 2 aliphatic rings. The summed E-state index contributed by atoms with van der Waals surface area (Å²) >= 11 is -0.145. The Morgan fingerprint density at radius 2 is 1.73 bits per heavy atom. The maximum absolute atomic E-state index is 12.3. The summed E-state index contributed by atoms with van der Waals surface area (Å²) in [5.74, 6) is 1.51. The Bertz CT molecular complexity index is 509. The van der Waals surface area contributed by atoms with E-state index in [-0.39, 0.29) is 22.8 Å². The first-order valence-corrected chi connectivity index (χ1v) is 8.13. The minimum atomic E-state index is -4.29. The van der Waals surface area contributed by atoms with Crippen molar-refractivity contribution in [2.45, 2.75) is 35.5 Å². The zero-order valence-electron chi connectivity index (χ0n) is 11.8. The van der Waals surface area contributed by atoms with Gasteiger partial charge in [0.2, 0.25) is 0 Å². The van der Waals surface area contributed by atoms with E-state index in [4.69, 9.17) is 4.74 Å². The van der Waals surface area contributed by atoms with Crippen molar-refractivity contribution in [2.75, 3.05) is 13.1 Å². The first-order chi connectivity index (χ1) is 10.4. The lowest BCUT2D eigenvalue weighted by Gasteiger charge is -2.35. The summed E-state index contributed by atoms with van der Waals surface area (Å²) in [7, 11) is 0. The van der Waals surface area contributed by atoms with Crippen LogP contribution in [0.3, 0.4) is 0 Å². The first kappa shape index (κ1) is 16.0. The molecule has 0 bridgehead atoms. The van der Waals surface area contributed by atoms with E-state index in [1.807, 2.05) is 0 Å². The van der Waals surface area contributed by atoms with Gasteiger partial charge in [-0.15, -0.1) is 0 Å². The number of hydrogen-bond acceptors (Lipinski definition) is 4. The van der Waals surface area contributed by atoms with Crippen LogP contribution in [-0.4, -0.2) is 35.9 Å². The quantitative estimate of drug-likeness (QED) is 0.835. The van der Waals surface area contributed by atoms with E-state index < -0.39 is 11.6 Å². The topological polar surface area (TPSA) is 41.5 Å². The van der Waals surface area contributed by atoms with E-state index in [1.165, 1.54) is 24.3 Å². The van der Waals surface area contributed by atoms with Crippen LogP contribution in [0.15, 0.2) is 29.2 Å². The van der Waals surface area contributed by atoms with Crippen molar-refractivity contribution in [3.8, 4) is 5.75 Å². The van der Waals surface area contributed by atoms with Gasteiger partial charge in [0.25, 0.3) is 0 Å². The predicted molar refractivity (Wildman–Crippen MR) is 77.9 cm³/mol. The molecule has 1 saturated heterocycles. The second-order valence-electron chi connectivity index (χ2n) is 5.89. The fraction of sp³-hybridized carbons (Fsp3) is 0.600. The third kappa shape index (κ3) is 3.88. The van der Waals surface area contributed by atoms with Gasteiger partial charge in [0.15, 0.2) is 0 Å². The standard InChI is InChI=1S/C15H18F3NO2S/c16-15(17,18)22-12-3-1-11(2-4-12)21-14-6-10-8-19-7-9(10)5-13(14)20/h1-4,9-10,13-14,19-20H,5-8H2/t9-,10+,13+,14+/m0/s1. The van der Waals surface area contributed by atoms with Gasteiger partial charge in [-0.2, -0.15) is 13.2 Å². The molecule has 122 valence electrons. The minimum Gasteiger partial charge on any atom is -0.488 e. The van der Waals surface area contributed by atoms with E-state index in [9.17, 15) is 18.3 Å².